The van der Waals surface area contributed by atoms with Gasteiger partial charge in [-0.15, -0.1) is 0 Å². The summed E-state index contributed by atoms with van der Waals surface area (Å²) in [4.78, 5) is 2.26. The van der Waals surface area contributed by atoms with Gasteiger partial charge in [0.05, 0.1) is 26.9 Å². The Labute approximate surface area is 150 Å². The molecule has 5 heteroatoms. The molecule has 2 fully saturated rings. The molecule has 3 atom stereocenters. The van der Waals surface area contributed by atoms with Crippen molar-refractivity contribution in [1.29, 1.82) is 0 Å². The van der Waals surface area contributed by atoms with Gasteiger partial charge in [-0.05, 0) is 49.8 Å². The summed E-state index contributed by atoms with van der Waals surface area (Å²) >= 11 is 0. The molecule has 5 nitrogen and oxygen atoms in total. The number of likely N-dealkylation sites (tertiary alicyclic amines) is 1. The summed E-state index contributed by atoms with van der Waals surface area (Å²) in [6, 6.07) is 6.40. The Kier molecular flexibility index (Phi) is 6.57. The summed E-state index contributed by atoms with van der Waals surface area (Å²) in [5, 5.41) is 10.2. The van der Waals surface area contributed by atoms with Gasteiger partial charge in [0.1, 0.15) is 6.23 Å². The molecular formula is C20H31NO4. The van der Waals surface area contributed by atoms with Gasteiger partial charge >= 0.3 is 0 Å². The first-order valence-electron chi connectivity index (χ1n) is 9.49. The average Bonchev–Trinajstić information content (AvgIpc) is 3.07. The van der Waals surface area contributed by atoms with E-state index >= 15 is 0 Å². The van der Waals surface area contributed by atoms with Gasteiger partial charge < -0.3 is 19.3 Å². The molecule has 0 radical (unpaired) electrons. The van der Waals surface area contributed by atoms with Gasteiger partial charge in [-0.2, -0.15) is 0 Å². The van der Waals surface area contributed by atoms with Crippen LogP contribution in [0.2, 0.25) is 0 Å². The van der Waals surface area contributed by atoms with Crippen LogP contribution in [0.4, 0.5) is 0 Å². The van der Waals surface area contributed by atoms with Crippen LogP contribution in [0.25, 0.3) is 0 Å². The van der Waals surface area contributed by atoms with Crippen LogP contribution in [0.1, 0.15) is 44.1 Å². The molecule has 1 heterocycles. The average molecular weight is 349 g/mol. The molecule has 1 aliphatic carbocycles. The molecule has 1 aliphatic heterocycles. The normalized spacial score (nSPS) is 27.4. The molecule has 3 rings (SSSR count). The predicted octanol–water partition coefficient (Wildman–Crippen LogP) is 2.99. The lowest BCUT2D eigenvalue weighted by atomic mass is 9.91. The first kappa shape index (κ1) is 18.5. The lowest BCUT2D eigenvalue weighted by Crippen LogP contribution is -2.48. The molecule has 0 amide bonds. The molecule has 1 saturated carbocycles. The highest BCUT2D eigenvalue weighted by atomic mass is 16.5. The Morgan fingerprint density at radius 3 is 2.56 bits per heavy atom. The highest BCUT2D eigenvalue weighted by Crippen LogP contribution is 2.31. The SMILES string of the molecule is COc1ccc(CCO[C@@H]2CCCC[C@H]2N2CCC[C@H]2O)cc1OC. The summed E-state index contributed by atoms with van der Waals surface area (Å²) in [5.41, 5.74) is 1.19. The second-order valence-corrected chi connectivity index (χ2v) is 7.06. The molecular weight excluding hydrogens is 318 g/mol. The van der Waals surface area contributed by atoms with Crippen molar-refractivity contribution < 1.29 is 19.3 Å². The summed E-state index contributed by atoms with van der Waals surface area (Å²) in [6.07, 6.45) is 7.50. The number of benzene rings is 1. The van der Waals surface area contributed by atoms with Gasteiger partial charge in [-0.3, -0.25) is 4.90 Å². The molecule has 140 valence electrons. The molecule has 2 aliphatic rings. The number of nitrogens with zero attached hydrogens (tertiary/aromatic N) is 1. The fraction of sp³-hybridized carbons (Fsp3) is 0.700. The zero-order chi connectivity index (χ0) is 17.6. The third-order valence-corrected chi connectivity index (χ3v) is 5.53. The zero-order valence-electron chi connectivity index (χ0n) is 15.4. The molecule has 1 aromatic carbocycles. The zero-order valence-corrected chi connectivity index (χ0v) is 15.4. The van der Waals surface area contributed by atoms with Crippen molar-refractivity contribution in [2.45, 2.75) is 63.3 Å². The van der Waals surface area contributed by atoms with Crippen LogP contribution in [0, 0.1) is 0 Å². The molecule has 1 N–H and O–H groups in total. The molecule has 0 unspecified atom stereocenters. The van der Waals surface area contributed by atoms with Crippen molar-refractivity contribution in [1.82, 2.24) is 4.90 Å². The number of methoxy groups -OCH3 is 2. The summed E-state index contributed by atoms with van der Waals surface area (Å²) in [5.74, 6) is 1.51. The minimum Gasteiger partial charge on any atom is -0.493 e. The van der Waals surface area contributed by atoms with Crippen molar-refractivity contribution in [2.75, 3.05) is 27.4 Å². The number of hydrogen-bond donors (Lipinski definition) is 1. The van der Waals surface area contributed by atoms with E-state index < -0.39 is 0 Å². The van der Waals surface area contributed by atoms with Crippen molar-refractivity contribution in [3.8, 4) is 11.5 Å². The van der Waals surface area contributed by atoms with Gasteiger partial charge in [-0.25, -0.2) is 0 Å². The van der Waals surface area contributed by atoms with Gasteiger partial charge in [0.15, 0.2) is 11.5 Å². The van der Waals surface area contributed by atoms with Gasteiger partial charge in [0, 0.05) is 12.6 Å². The van der Waals surface area contributed by atoms with E-state index in [9.17, 15) is 5.11 Å². The maximum absolute atomic E-state index is 10.2. The Bertz CT molecular complexity index is 550. The second kappa shape index (κ2) is 8.88. The quantitative estimate of drug-likeness (QED) is 0.820. The van der Waals surface area contributed by atoms with E-state index in [4.69, 9.17) is 14.2 Å². The van der Waals surface area contributed by atoms with Crippen LogP contribution in [-0.2, 0) is 11.2 Å². The number of rotatable bonds is 7. The summed E-state index contributed by atoms with van der Waals surface area (Å²) in [6.45, 7) is 1.70. The Balaban J connectivity index is 1.55. The smallest absolute Gasteiger partial charge is 0.160 e. The second-order valence-electron chi connectivity index (χ2n) is 7.06. The van der Waals surface area contributed by atoms with E-state index in [-0.39, 0.29) is 12.3 Å². The van der Waals surface area contributed by atoms with Gasteiger partial charge in [0.25, 0.3) is 0 Å². The van der Waals surface area contributed by atoms with Crippen LogP contribution in [-0.4, -0.2) is 55.8 Å². The predicted molar refractivity (Wildman–Crippen MR) is 97.2 cm³/mol. The Hall–Kier alpha value is -1.30. The van der Waals surface area contributed by atoms with Crippen LogP contribution in [0.15, 0.2) is 18.2 Å². The molecule has 0 bridgehead atoms. The first-order chi connectivity index (χ1) is 12.2. The fourth-order valence-electron chi connectivity index (χ4n) is 4.17. The van der Waals surface area contributed by atoms with E-state index in [1.165, 1.54) is 18.4 Å². The Morgan fingerprint density at radius 1 is 1.04 bits per heavy atom. The van der Waals surface area contributed by atoms with E-state index in [0.717, 1.165) is 50.1 Å². The van der Waals surface area contributed by atoms with E-state index in [2.05, 4.69) is 11.0 Å². The standard InChI is InChI=1S/C20H31NO4/c1-23-18-10-9-15(14-19(18)24-2)11-13-25-17-7-4-3-6-16(17)21-12-5-8-20(21)22/h9-10,14,16-17,20,22H,3-8,11-13H2,1-2H3/t16-,17-,20-/m1/s1. The first-order valence-corrected chi connectivity index (χ1v) is 9.49. The van der Waals surface area contributed by atoms with Crippen molar-refractivity contribution in [3.63, 3.8) is 0 Å². The minimum absolute atomic E-state index is 0.238. The highest BCUT2D eigenvalue weighted by Gasteiger charge is 2.36. The summed E-state index contributed by atoms with van der Waals surface area (Å²) < 4.78 is 16.9. The lowest BCUT2D eigenvalue weighted by Gasteiger charge is -2.39. The highest BCUT2D eigenvalue weighted by molar-refractivity contribution is 5.42. The molecule has 25 heavy (non-hydrogen) atoms. The van der Waals surface area contributed by atoms with Crippen LogP contribution in [0.5, 0.6) is 11.5 Å². The molecule has 0 aromatic heterocycles. The monoisotopic (exact) mass is 349 g/mol. The summed E-state index contributed by atoms with van der Waals surface area (Å²) in [7, 11) is 3.31. The molecule has 1 saturated heterocycles. The lowest BCUT2D eigenvalue weighted by molar-refractivity contribution is -0.0775. The fourth-order valence-corrected chi connectivity index (χ4v) is 4.17. The Morgan fingerprint density at radius 2 is 1.84 bits per heavy atom. The number of hydrogen-bond acceptors (Lipinski definition) is 5. The third-order valence-electron chi connectivity index (χ3n) is 5.53. The maximum atomic E-state index is 10.2. The third kappa shape index (κ3) is 4.46. The maximum Gasteiger partial charge on any atom is 0.160 e. The van der Waals surface area contributed by atoms with Gasteiger partial charge in [0.2, 0.25) is 0 Å². The topological polar surface area (TPSA) is 51.2 Å². The van der Waals surface area contributed by atoms with Crippen LogP contribution in [0.3, 0.4) is 0 Å². The van der Waals surface area contributed by atoms with Crippen molar-refractivity contribution in [3.05, 3.63) is 23.8 Å². The largest absolute Gasteiger partial charge is 0.493 e. The minimum atomic E-state index is -0.278. The van der Waals surface area contributed by atoms with Crippen molar-refractivity contribution >= 4 is 0 Å². The van der Waals surface area contributed by atoms with Gasteiger partial charge in [-0.1, -0.05) is 18.9 Å². The van der Waals surface area contributed by atoms with Crippen LogP contribution >= 0.6 is 0 Å². The van der Waals surface area contributed by atoms with Crippen molar-refractivity contribution in [2.24, 2.45) is 0 Å². The van der Waals surface area contributed by atoms with E-state index in [1.807, 2.05) is 12.1 Å². The van der Waals surface area contributed by atoms with E-state index in [0.29, 0.717) is 12.6 Å². The number of aliphatic hydroxyl groups excluding tert-OH is 1. The molecule has 0 spiro atoms. The van der Waals surface area contributed by atoms with Crippen LogP contribution < -0.4 is 9.47 Å². The molecule has 1 aromatic rings. The van der Waals surface area contributed by atoms with E-state index in [1.54, 1.807) is 14.2 Å². The number of aliphatic hydroxyl groups is 1. The number of ether oxygens (including phenoxy) is 3.